The molecule has 0 saturated carbocycles. The molecule has 1 aliphatic rings. The molecule has 2 amide bonds. The average molecular weight is 335 g/mol. The Bertz CT molecular complexity index is 539. The number of nitrogens with one attached hydrogen (secondary N) is 1. The monoisotopic (exact) mass is 335 g/mol. The van der Waals surface area contributed by atoms with Crippen LogP contribution in [0.1, 0.15) is 19.8 Å². The fourth-order valence-electron chi connectivity index (χ4n) is 2.67. The summed E-state index contributed by atoms with van der Waals surface area (Å²) < 4.78 is 10.8. The van der Waals surface area contributed by atoms with E-state index in [2.05, 4.69) is 5.32 Å². The summed E-state index contributed by atoms with van der Waals surface area (Å²) in [6.45, 7) is 4.31. The Labute approximate surface area is 142 Å². The number of carbonyl (C=O) groups is 2. The Balaban J connectivity index is 1.67. The number of ether oxygens (including phenoxy) is 2. The standard InChI is InChI=1S/C17H25N3O4/c1-2-23-14-3-5-15(6-4-14)24-12-17(22)19-13-7-9-20(10-8-13)11-16(18)21/h3-6,13H,2,7-12H2,1H3,(H2,18,21)(H,19,22). The summed E-state index contributed by atoms with van der Waals surface area (Å²) in [7, 11) is 0. The van der Waals surface area contributed by atoms with Crippen LogP contribution in [-0.4, -0.2) is 55.6 Å². The van der Waals surface area contributed by atoms with Crippen LogP contribution in [0.5, 0.6) is 11.5 Å². The summed E-state index contributed by atoms with van der Waals surface area (Å²) in [6, 6.07) is 7.29. The lowest BCUT2D eigenvalue weighted by atomic mass is 10.1. The fraction of sp³-hybridized carbons (Fsp3) is 0.529. The lowest BCUT2D eigenvalue weighted by Crippen LogP contribution is -2.47. The summed E-state index contributed by atoms with van der Waals surface area (Å²) >= 11 is 0. The Hall–Kier alpha value is -2.28. The quantitative estimate of drug-likeness (QED) is 0.723. The molecule has 7 nitrogen and oxygen atoms in total. The molecule has 1 fully saturated rings. The molecule has 1 aromatic carbocycles. The van der Waals surface area contributed by atoms with Gasteiger partial charge in [0.15, 0.2) is 6.61 Å². The lowest BCUT2D eigenvalue weighted by Gasteiger charge is -2.31. The smallest absolute Gasteiger partial charge is 0.258 e. The first-order valence-electron chi connectivity index (χ1n) is 8.22. The summed E-state index contributed by atoms with van der Waals surface area (Å²) in [5.74, 6) is 0.945. The van der Waals surface area contributed by atoms with Gasteiger partial charge < -0.3 is 20.5 Å². The third kappa shape index (κ3) is 6.08. The van der Waals surface area contributed by atoms with Gasteiger partial charge >= 0.3 is 0 Å². The summed E-state index contributed by atoms with van der Waals surface area (Å²) in [5.41, 5.74) is 5.18. The normalized spacial score (nSPS) is 15.7. The van der Waals surface area contributed by atoms with Gasteiger partial charge in [0, 0.05) is 19.1 Å². The Morgan fingerprint density at radius 2 is 1.75 bits per heavy atom. The van der Waals surface area contributed by atoms with Gasteiger partial charge in [0.2, 0.25) is 5.91 Å². The average Bonchev–Trinajstić information content (AvgIpc) is 2.56. The molecule has 7 heteroatoms. The minimum Gasteiger partial charge on any atom is -0.494 e. The zero-order valence-electron chi connectivity index (χ0n) is 14.0. The molecule has 0 atom stereocenters. The number of nitrogens with two attached hydrogens (primary N) is 1. The lowest BCUT2D eigenvalue weighted by molar-refractivity contribution is -0.124. The number of nitrogens with zero attached hydrogens (tertiary/aromatic N) is 1. The predicted molar refractivity (Wildman–Crippen MR) is 89.9 cm³/mol. The first kappa shape index (κ1) is 18.1. The van der Waals surface area contributed by atoms with Crippen LogP contribution >= 0.6 is 0 Å². The summed E-state index contributed by atoms with van der Waals surface area (Å²) in [4.78, 5) is 24.9. The molecule has 0 aliphatic carbocycles. The van der Waals surface area contributed by atoms with Gasteiger partial charge in [-0.25, -0.2) is 0 Å². The van der Waals surface area contributed by atoms with E-state index in [4.69, 9.17) is 15.2 Å². The van der Waals surface area contributed by atoms with Crippen molar-refractivity contribution >= 4 is 11.8 Å². The van der Waals surface area contributed by atoms with Gasteiger partial charge in [-0.3, -0.25) is 14.5 Å². The van der Waals surface area contributed by atoms with Crippen LogP contribution in [0.3, 0.4) is 0 Å². The third-order valence-corrected chi connectivity index (χ3v) is 3.84. The fourth-order valence-corrected chi connectivity index (χ4v) is 2.67. The molecule has 0 radical (unpaired) electrons. The molecule has 0 unspecified atom stereocenters. The van der Waals surface area contributed by atoms with Crippen molar-refractivity contribution in [2.75, 3.05) is 32.8 Å². The maximum Gasteiger partial charge on any atom is 0.258 e. The highest BCUT2D eigenvalue weighted by atomic mass is 16.5. The molecule has 3 N–H and O–H groups in total. The molecular formula is C17H25N3O4. The number of likely N-dealkylation sites (tertiary alicyclic amines) is 1. The third-order valence-electron chi connectivity index (χ3n) is 3.84. The van der Waals surface area contributed by atoms with E-state index in [0.29, 0.717) is 12.4 Å². The van der Waals surface area contributed by atoms with E-state index in [1.807, 2.05) is 24.0 Å². The molecule has 1 aromatic rings. The van der Waals surface area contributed by atoms with Crippen LogP contribution in [0, 0.1) is 0 Å². The van der Waals surface area contributed by atoms with Gasteiger partial charge in [0.1, 0.15) is 11.5 Å². The van der Waals surface area contributed by atoms with E-state index in [-0.39, 0.29) is 31.0 Å². The first-order valence-corrected chi connectivity index (χ1v) is 8.22. The van der Waals surface area contributed by atoms with E-state index in [1.54, 1.807) is 12.1 Å². The zero-order valence-corrected chi connectivity index (χ0v) is 14.0. The second-order valence-corrected chi connectivity index (χ2v) is 5.78. The zero-order chi connectivity index (χ0) is 17.4. The molecule has 132 valence electrons. The first-order chi connectivity index (χ1) is 11.6. The van der Waals surface area contributed by atoms with Gasteiger partial charge in [0.25, 0.3) is 5.91 Å². The van der Waals surface area contributed by atoms with Gasteiger partial charge in [0.05, 0.1) is 13.2 Å². The number of rotatable bonds is 8. The molecule has 0 spiro atoms. The van der Waals surface area contributed by atoms with Gasteiger partial charge in [-0.15, -0.1) is 0 Å². The minimum atomic E-state index is -0.318. The number of hydrogen-bond donors (Lipinski definition) is 2. The molecule has 24 heavy (non-hydrogen) atoms. The van der Waals surface area contributed by atoms with Crippen molar-refractivity contribution in [1.29, 1.82) is 0 Å². The maximum atomic E-state index is 12.0. The van der Waals surface area contributed by atoms with Crippen molar-refractivity contribution in [3.8, 4) is 11.5 Å². The number of benzene rings is 1. The van der Waals surface area contributed by atoms with Crippen molar-refractivity contribution in [1.82, 2.24) is 10.2 Å². The molecule has 0 bridgehead atoms. The predicted octanol–water partition coefficient (Wildman–Crippen LogP) is 0.530. The van der Waals surface area contributed by atoms with Crippen molar-refractivity contribution < 1.29 is 19.1 Å². The maximum absolute atomic E-state index is 12.0. The topological polar surface area (TPSA) is 93.9 Å². The van der Waals surface area contributed by atoms with Crippen molar-refractivity contribution in [2.24, 2.45) is 5.73 Å². The second-order valence-electron chi connectivity index (χ2n) is 5.78. The van der Waals surface area contributed by atoms with Crippen LogP contribution in [0.2, 0.25) is 0 Å². The van der Waals surface area contributed by atoms with Gasteiger partial charge in [-0.05, 0) is 44.0 Å². The van der Waals surface area contributed by atoms with Crippen molar-refractivity contribution in [2.45, 2.75) is 25.8 Å². The van der Waals surface area contributed by atoms with E-state index in [1.165, 1.54) is 0 Å². The number of piperidine rings is 1. The van der Waals surface area contributed by atoms with Crippen molar-refractivity contribution in [3.05, 3.63) is 24.3 Å². The Kier molecular flexibility index (Phi) is 6.87. The van der Waals surface area contributed by atoms with Crippen LogP contribution in [-0.2, 0) is 9.59 Å². The van der Waals surface area contributed by atoms with E-state index >= 15 is 0 Å². The minimum absolute atomic E-state index is 0.0184. The van der Waals surface area contributed by atoms with Crippen molar-refractivity contribution in [3.63, 3.8) is 0 Å². The van der Waals surface area contributed by atoms with E-state index in [9.17, 15) is 9.59 Å². The van der Waals surface area contributed by atoms with Crippen LogP contribution in [0.25, 0.3) is 0 Å². The summed E-state index contributed by atoms with van der Waals surface area (Å²) in [6.07, 6.45) is 1.62. The number of amides is 2. The molecule has 1 saturated heterocycles. The van der Waals surface area contributed by atoms with Gasteiger partial charge in [-0.1, -0.05) is 0 Å². The van der Waals surface area contributed by atoms with Gasteiger partial charge in [-0.2, -0.15) is 0 Å². The Morgan fingerprint density at radius 1 is 1.17 bits per heavy atom. The largest absolute Gasteiger partial charge is 0.494 e. The highest BCUT2D eigenvalue weighted by Crippen LogP contribution is 2.17. The number of primary amides is 1. The highest BCUT2D eigenvalue weighted by Gasteiger charge is 2.21. The summed E-state index contributed by atoms with van der Waals surface area (Å²) in [5, 5.41) is 2.96. The molecule has 0 aromatic heterocycles. The van der Waals surface area contributed by atoms with Crippen LogP contribution < -0.4 is 20.5 Å². The molecule has 1 aliphatic heterocycles. The van der Waals surface area contributed by atoms with Crippen LogP contribution in [0.4, 0.5) is 0 Å². The van der Waals surface area contributed by atoms with E-state index < -0.39 is 0 Å². The molecule has 1 heterocycles. The second kappa shape index (κ2) is 9.12. The molecule has 2 rings (SSSR count). The highest BCUT2D eigenvalue weighted by molar-refractivity contribution is 5.78. The SMILES string of the molecule is CCOc1ccc(OCC(=O)NC2CCN(CC(N)=O)CC2)cc1. The van der Waals surface area contributed by atoms with E-state index in [0.717, 1.165) is 31.7 Å². The number of carbonyl (C=O) groups excluding carboxylic acids is 2. The Morgan fingerprint density at radius 3 is 2.29 bits per heavy atom. The number of hydrogen-bond acceptors (Lipinski definition) is 5. The molecular weight excluding hydrogens is 310 g/mol. The van der Waals surface area contributed by atoms with Crippen LogP contribution in [0.15, 0.2) is 24.3 Å².